The van der Waals surface area contributed by atoms with E-state index in [0.717, 1.165) is 29.7 Å². The van der Waals surface area contributed by atoms with Gasteiger partial charge < -0.3 is 5.32 Å². The van der Waals surface area contributed by atoms with Crippen LogP contribution in [0, 0.1) is 0 Å². The molecule has 0 bridgehead atoms. The summed E-state index contributed by atoms with van der Waals surface area (Å²) in [6.07, 6.45) is 7.83. The highest BCUT2D eigenvalue weighted by molar-refractivity contribution is 6.18. The molecule has 0 saturated heterocycles. The average Bonchev–Trinajstić information content (AvgIpc) is 2.48. The van der Waals surface area contributed by atoms with Crippen LogP contribution in [-0.4, -0.2) is 21.4 Å². The van der Waals surface area contributed by atoms with E-state index in [4.69, 9.17) is 11.6 Å². The molecule has 100 valence electrons. The van der Waals surface area contributed by atoms with Crippen LogP contribution >= 0.6 is 11.6 Å². The predicted molar refractivity (Wildman–Crippen MR) is 79.7 cm³/mol. The van der Waals surface area contributed by atoms with Crippen molar-refractivity contribution in [3.63, 3.8) is 0 Å². The summed E-state index contributed by atoms with van der Waals surface area (Å²) in [6, 6.07) is 7.93. The lowest BCUT2D eigenvalue weighted by Crippen LogP contribution is -2.42. The van der Waals surface area contributed by atoms with Gasteiger partial charge in [0.15, 0.2) is 0 Å². The number of nitrogens with one attached hydrogen (secondary N) is 1. The zero-order chi connectivity index (χ0) is 13.1. The molecule has 1 fully saturated rings. The number of alkyl halides is 1. The quantitative estimate of drug-likeness (QED) is 0.861. The molecule has 1 heterocycles. The maximum Gasteiger partial charge on any atom is 0.145 e. The fraction of sp³-hybridized carbons (Fsp3) is 0.467. The molecular formula is C15H18ClN3. The van der Waals surface area contributed by atoms with Crippen molar-refractivity contribution in [1.82, 2.24) is 9.97 Å². The number of hydrogen-bond donors (Lipinski definition) is 1. The molecule has 19 heavy (non-hydrogen) atoms. The fourth-order valence-corrected chi connectivity index (χ4v) is 3.14. The number of halogens is 1. The highest BCUT2D eigenvalue weighted by atomic mass is 35.5. The molecule has 1 aromatic carbocycles. The Bertz CT molecular complexity index is 564. The Labute approximate surface area is 118 Å². The lowest BCUT2D eigenvalue weighted by atomic mass is 9.83. The average molecular weight is 276 g/mol. The summed E-state index contributed by atoms with van der Waals surface area (Å²) in [5.74, 6) is 1.46. The largest absolute Gasteiger partial charge is 0.362 e. The van der Waals surface area contributed by atoms with Gasteiger partial charge in [-0.3, -0.25) is 4.98 Å². The first kappa shape index (κ1) is 12.7. The minimum absolute atomic E-state index is 0.00303. The van der Waals surface area contributed by atoms with E-state index in [9.17, 15) is 0 Å². The van der Waals surface area contributed by atoms with E-state index in [1.807, 2.05) is 30.5 Å². The number of hydrogen-bond acceptors (Lipinski definition) is 3. The van der Waals surface area contributed by atoms with Gasteiger partial charge in [-0.05, 0) is 25.0 Å². The van der Waals surface area contributed by atoms with Crippen LogP contribution in [0.15, 0.2) is 30.5 Å². The van der Waals surface area contributed by atoms with E-state index in [2.05, 4.69) is 15.3 Å². The molecule has 0 radical (unpaired) electrons. The SMILES string of the molecule is ClCC1(Nc2cnc3ccccc3n2)CCCCC1. The van der Waals surface area contributed by atoms with Crippen molar-refractivity contribution < 1.29 is 0 Å². The molecule has 0 spiro atoms. The number of aromatic nitrogens is 2. The van der Waals surface area contributed by atoms with E-state index in [0.29, 0.717) is 5.88 Å². The summed E-state index contributed by atoms with van der Waals surface area (Å²) in [6.45, 7) is 0. The number of fused-ring (bicyclic) bond motifs is 1. The third-order valence-electron chi connectivity index (χ3n) is 3.91. The second kappa shape index (κ2) is 5.33. The topological polar surface area (TPSA) is 37.8 Å². The van der Waals surface area contributed by atoms with Crippen LogP contribution in [0.25, 0.3) is 11.0 Å². The van der Waals surface area contributed by atoms with Gasteiger partial charge in [0.1, 0.15) is 5.82 Å². The molecule has 1 saturated carbocycles. The van der Waals surface area contributed by atoms with Gasteiger partial charge in [-0.2, -0.15) is 0 Å². The van der Waals surface area contributed by atoms with Gasteiger partial charge in [0, 0.05) is 5.88 Å². The minimum atomic E-state index is -0.00303. The van der Waals surface area contributed by atoms with Crippen molar-refractivity contribution in [2.75, 3.05) is 11.2 Å². The summed E-state index contributed by atoms with van der Waals surface area (Å²) < 4.78 is 0. The number of benzene rings is 1. The van der Waals surface area contributed by atoms with Gasteiger partial charge in [0.05, 0.1) is 22.8 Å². The monoisotopic (exact) mass is 275 g/mol. The predicted octanol–water partition coefficient (Wildman–Crippen LogP) is 3.98. The van der Waals surface area contributed by atoms with Gasteiger partial charge in [-0.25, -0.2) is 4.98 Å². The Morgan fingerprint density at radius 2 is 1.84 bits per heavy atom. The van der Waals surface area contributed by atoms with Crippen molar-refractivity contribution in [3.8, 4) is 0 Å². The van der Waals surface area contributed by atoms with Gasteiger partial charge in [0.2, 0.25) is 0 Å². The van der Waals surface area contributed by atoms with Gasteiger partial charge in [-0.1, -0.05) is 31.4 Å². The summed E-state index contributed by atoms with van der Waals surface area (Å²) in [4.78, 5) is 9.07. The van der Waals surface area contributed by atoms with Crippen molar-refractivity contribution in [2.45, 2.75) is 37.6 Å². The molecule has 0 aliphatic heterocycles. The zero-order valence-electron chi connectivity index (χ0n) is 10.9. The summed E-state index contributed by atoms with van der Waals surface area (Å²) in [5.41, 5.74) is 1.85. The normalized spacial score (nSPS) is 18.4. The first-order valence-electron chi connectivity index (χ1n) is 6.87. The third-order valence-corrected chi connectivity index (χ3v) is 4.42. The number of anilines is 1. The van der Waals surface area contributed by atoms with Crippen LogP contribution in [0.3, 0.4) is 0 Å². The zero-order valence-corrected chi connectivity index (χ0v) is 11.7. The smallest absolute Gasteiger partial charge is 0.145 e. The molecule has 4 heteroatoms. The Hall–Kier alpha value is -1.35. The van der Waals surface area contributed by atoms with E-state index in [1.54, 1.807) is 0 Å². The fourth-order valence-electron chi connectivity index (χ4n) is 2.81. The Morgan fingerprint density at radius 3 is 2.58 bits per heavy atom. The van der Waals surface area contributed by atoms with E-state index in [1.165, 1.54) is 19.3 Å². The molecule has 0 unspecified atom stereocenters. The second-order valence-electron chi connectivity index (χ2n) is 5.34. The van der Waals surface area contributed by atoms with Crippen molar-refractivity contribution >= 4 is 28.5 Å². The van der Waals surface area contributed by atoms with Gasteiger partial charge in [-0.15, -0.1) is 11.6 Å². The van der Waals surface area contributed by atoms with Crippen LogP contribution < -0.4 is 5.32 Å². The second-order valence-corrected chi connectivity index (χ2v) is 5.61. The van der Waals surface area contributed by atoms with Crippen LogP contribution in [0.4, 0.5) is 5.82 Å². The number of nitrogens with zero attached hydrogens (tertiary/aromatic N) is 2. The van der Waals surface area contributed by atoms with Crippen molar-refractivity contribution in [3.05, 3.63) is 30.5 Å². The summed E-state index contributed by atoms with van der Waals surface area (Å²) in [5, 5.41) is 3.53. The van der Waals surface area contributed by atoms with Crippen molar-refractivity contribution in [2.24, 2.45) is 0 Å². The van der Waals surface area contributed by atoms with Crippen LogP contribution in [-0.2, 0) is 0 Å². The molecule has 1 aliphatic carbocycles. The van der Waals surface area contributed by atoms with Crippen molar-refractivity contribution in [1.29, 1.82) is 0 Å². The maximum absolute atomic E-state index is 6.19. The van der Waals surface area contributed by atoms with E-state index in [-0.39, 0.29) is 5.54 Å². The molecule has 3 nitrogen and oxygen atoms in total. The Kier molecular flexibility index (Phi) is 3.56. The minimum Gasteiger partial charge on any atom is -0.362 e. The summed E-state index contributed by atoms with van der Waals surface area (Å²) in [7, 11) is 0. The van der Waals surface area contributed by atoms with Crippen LogP contribution in [0.1, 0.15) is 32.1 Å². The molecule has 1 N–H and O–H groups in total. The van der Waals surface area contributed by atoms with Crippen LogP contribution in [0.2, 0.25) is 0 Å². The molecule has 3 rings (SSSR count). The highest BCUT2D eigenvalue weighted by Gasteiger charge is 2.31. The third kappa shape index (κ3) is 2.66. The number of para-hydroxylation sites is 2. The lowest BCUT2D eigenvalue weighted by Gasteiger charge is -2.36. The first-order chi connectivity index (χ1) is 9.31. The standard InChI is InChI=1S/C15H18ClN3/c16-11-15(8-4-1-5-9-15)19-14-10-17-12-6-2-3-7-13(12)18-14/h2-3,6-7,10H,1,4-5,8-9,11H2,(H,18,19). The van der Waals surface area contributed by atoms with Crippen LogP contribution in [0.5, 0.6) is 0 Å². The molecule has 1 aliphatic rings. The van der Waals surface area contributed by atoms with E-state index >= 15 is 0 Å². The highest BCUT2D eigenvalue weighted by Crippen LogP contribution is 2.32. The Balaban J connectivity index is 1.87. The molecule has 0 amide bonds. The van der Waals surface area contributed by atoms with Gasteiger partial charge >= 0.3 is 0 Å². The number of rotatable bonds is 3. The first-order valence-corrected chi connectivity index (χ1v) is 7.41. The molecule has 0 atom stereocenters. The lowest BCUT2D eigenvalue weighted by molar-refractivity contribution is 0.352. The van der Waals surface area contributed by atoms with E-state index < -0.39 is 0 Å². The maximum atomic E-state index is 6.19. The molecule has 2 aromatic rings. The Morgan fingerprint density at radius 1 is 1.11 bits per heavy atom. The molecular weight excluding hydrogens is 258 g/mol. The summed E-state index contributed by atoms with van der Waals surface area (Å²) >= 11 is 6.19. The molecule has 1 aromatic heterocycles. The van der Waals surface area contributed by atoms with Gasteiger partial charge in [0.25, 0.3) is 0 Å².